The van der Waals surface area contributed by atoms with Gasteiger partial charge in [0.05, 0.1) is 11.7 Å². The van der Waals surface area contributed by atoms with Crippen LogP contribution in [0.4, 0.5) is 5.69 Å². The number of benzene rings is 1. The van der Waals surface area contributed by atoms with Crippen molar-refractivity contribution in [1.29, 1.82) is 0 Å². The molecular weight excluding hydrogens is 314 g/mol. The van der Waals surface area contributed by atoms with Gasteiger partial charge in [0.15, 0.2) is 12.7 Å². The standard InChI is InChI=1S/C17H21NO6/c1-11(2)24-16(20)12-5-7-13(8-6-12)18-15(19)10-23-17(21)14-4-3-9-22-14/h5-8,11,14H,3-4,9-10H2,1-2H3,(H,18,19)/t14-/m1/s1. The summed E-state index contributed by atoms with van der Waals surface area (Å²) < 4.78 is 15.2. The number of carbonyl (C=O) groups is 3. The molecule has 0 bridgehead atoms. The van der Waals surface area contributed by atoms with Gasteiger partial charge < -0.3 is 19.5 Å². The van der Waals surface area contributed by atoms with Crippen LogP contribution in [0.1, 0.15) is 37.0 Å². The highest BCUT2D eigenvalue weighted by molar-refractivity contribution is 5.94. The van der Waals surface area contributed by atoms with Gasteiger partial charge >= 0.3 is 11.9 Å². The zero-order valence-electron chi connectivity index (χ0n) is 13.7. The average molecular weight is 335 g/mol. The largest absolute Gasteiger partial charge is 0.459 e. The van der Waals surface area contributed by atoms with Crippen LogP contribution in [-0.4, -0.2) is 43.3 Å². The lowest BCUT2D eigenvalue weighted by Gasteiger charge is -2.10. The summed E-state index contributed by atoms with van der Waals surface area (Å²) >= 11 is 0. The molecule has 1 saturated heterocycles. The molecule has 0 saturated carbocycles. The first-order chi connectivity index (χ1) is 11.5. The molecule has 1 N–H and O–H groups in total. The topological polar surface area (TPSA) is 90.9 Å². The molecule has 2 rings (SSSR count). The van der Waals surface area contributed by atoms with Crippen molar-refractivity contribution in [3.63, 3.8) is 0 Å². The fourth-order valence-electron chi connectivity index (χ4n) is 2.16. The Morgan fingerprint density at radius 1 is 1.25 bits per heavy atom. The smallest absolute Gasteiger partial charge is 0.338 e. The van der Waals surface area contributed by atoms with Gasteiger partial charge in [-0.15, -0.1) is 0 Å². The van der Waals surface area contributed by atoms with E-state index in [4.69, 9.17) is 14.2 Å². The molecule has 0 aromatic heterocycles. The second-order valence-corrected chi connectivity index (χ2v) is 5.69. The van der Waals surface area contributed by atoms with Gasteiger partial charge in [0, 0.05) is 12.3 Å². The number of carbonyl (C=O) groups excluding carboxylic acids is 3. The molecule has 1 atom stereocenters. The van der Waals surface area contributed by atoms with Gasteiger partial charge in [-0.2, -0.15) is 0 Å². The maximum Gasteiger partial charge on any atom is 0.338 e. The Bertz CT molecular complexity index is 590. The molecule has 130 valence electrons. The fourth-order valence-corrected chi connectivity index (χ4v) is 2.16. The molecule has 0 aliphatic carbocycles. The molecule has 1 aromatic rings. The molecule has 1 fully saturated rings. The summed E-state index contributed by atoms with van der Waals surface area (Å²) in [5, 5.41) is 2.59. The summed E-state index contributed by atoms with van der Waals surface area (Å²) in [4.78, 5) is 35.1. The van der Waals surface area contributed by atoms with Crippen LogP contribution < -0.4 is 5.32 Å². The molecule has 1 amide bonds. The zero-order valence-corrected chi connectivity index (χ0v) is 13.7. The van der Waals surface area contributed by atoms with E-state index in [9.17, 15) is 14.4 Å². The van der Waals surface area contributed by atoms with Crippen molar-refractivity contribution < 1.29 is 28.6 Å². The fraction of sp³-hybridized carbons (Fsp3) is 0.471. The first-order valence-electron chi connectivity index (χ1n) is 7.85. The van der Waals surface area contributed by atoms with Crippen molar-refractivity contribution in [1.82, 2.24) is 0 Å². The molecule has 1 aliphatic rings. The molecule has 1 aliphatic heterocycles. The van der Waals surface area contributed by atoms with E-state index in [0.717, 1.165) is 6.42 Å². The van der Waals surface area contributed by atoms with E-state index < -0.39 is 23.9 Å². The molecule has 24 heavy (non-hydrogen) atoms. The van der Waals surface area contributed by atoms with Gasteiger partial charge in [-0.05, 0) is 51.0 Å². The van der Waals surface area contributed by atoms with Crippen molar-refractivity contribution in [2.45, 2.75) is 38.9 Å². The van der Waals surface area contributed by atoms with Crippen molar-refractivity contribution in [3.05, 3.63) is 29.8 Å². The summed E-state index contributed by atoms with van der Waals surface area (Å²) in [6.07, 6.45) is 0.672. The Morgan fingerprint density at radius 3 is 2.54 bits per heavy atom. The number of ether oxygens (including phenoxy) is 3. The zero-order chi connectivity index (χ0) is 17.5. The number of amides is 1. The number of anilines is 1. The Labute approximate surface area is 140 Å². The molecule has 1 heterocycles. The second kappa shape index (κ2) is 8.44. The first kappa shape index (κ1) is 17.9. The minimum absolute atomic E-state index is 0.199. The van der Waals surface area contributed by atoms with E-state index in [0.29, 0.717) is 24.3 Å². The molecule has 0 spiro atoms. The maximum atomic E-state index is 11.8. The van der Waals surface area contributed by atoms with E-state index in [2.05, 4.69) is 5.32 Å². The number of hydrogen-bond acceptors (Lipinski definition) is 6. The van der Waals surface area contributed by atoms with Crippen LogP contribution in [0.25, 0.3) is 0 Å². The molecule has 1 aromatic carbocycles. The lowest BCUT2D eigenvalue weighted by Crippen LogP contribution is -2.27. The van der Waals surface area contributed by atoms with E-state index in [-0.39, 0.29) is 12.7 Å². The van der Waals surface area contributed by atoms with Crippen LogP contribution in [0.5, 0.6) is 0 Å². The molecule has 0 radical (unpaired) electrons. The van der Waals surface area contributed by atoms with Crippen LogP contribution >= 0.6 is 0 Å². The van der Waals surface area contributed by atoms with Crippen molar-refractivity contribution >= 4 is 23.5 Å². The van der Waals surface area contributed by atoms with Crippen LogP contribution in [0.15, 0.2) is 24.3 Å². The first-order valence-corrected chi connectivity index (χ1v) is 7.85. The van der Waals surface area contributed by atoms with Gasteiger partial charge in [0.25, 0.3) is 5.91 Å². The number of esters is 2. The predicted octanol–water partition coefficient (Wildman–Crippen LogP) is 1.91. The lowest BCUT2D eigenvalue weighted by molar-refractivity contribution is -0.156. The van der Waals surface area contributed by atoms with Crippen molar-refractivity contribution in [2.24, 2.45) is 0 Å². The molecular formula is C17H21NO6. The third kappa shape index (κ3) is 5.34. The van der Waals surface area contributed by atoms with Gasteiger partial charge in [-0.3, -0.25) is 4.79 Å². The van der Waals surface area contributed by atoms with Crippen molar-refractivity contribution in [2.75, 3.05) is 18.5 Å². The molecule has 7 nitrogen and oxygen atoms in total. The maximum absolute atomic E-state index is 11.8. The monoisotopic (exact) mass is 335 g/mol. The third-order valence-corrected chi connectivity index (χ3v) is 3.29. The Balaban J connectivity index is 1.79. The summed E-state index contributed by atoms with van der Waals surface area (Å²) in [6, 6.07) is 6.27. The molecule has 7 heteroatoms. The Kier molecular flexibility index (Phi) is 6.31. The number of hydrogen-bond donors (Lipinski definition) is 1. The minimum atomic E-state index is -0.566. The Hall–Kier alpha value is -2.41. The van der Waals surface area contributed by atoms with Gasteiger partial charge in [-0.25, -0.2) is 9.59 Å². The van der Waals surface area contributed by atoms with Crippen LogP contribution in [0, 0.1) is 0 Å². The highest BCUT2D eigenvalue weighted by atomic mass is 16.6. The highest BCUT2D eigenvalue weighted by Crippen LogP contribution is 2.14. The summed E-state index contributed by atoms with van der Waals surface area (Å²) in [7, 11) is 0. The SMILES string of the molecule is CC(C)OC(=O)c1ccc(NC(=O)COC(=O)[C@H]2CCCO2)cc1. The van der Waals surface area contributed by atoms with Gasteiger partial charge in [-0.1, -0.05) is 0 Å². The van der Waals surface area contributed by atoms with Crippen LogP contribution in [-0.2, 0) is 23.8 Å². The molecule has 0 unspecified atom stereocenters. The van der Waals surface area contributed by atoms with E-state index in [1.807, 2.05) is 0 Å². The van der Waals surface area contributed by atoms with E-state index in [1.165, 1.54) is 0 Å². The van der Waals surface area contributed by atoms with Crippen LogP contribution in [0.3, 0.4) is 0 Å². The summed E-state index contributed by atoms with van der Waals surface area (Å²) in [5.74, 6) is -1.40. The number of nitrogens with one attached hydrogen (secondary N) is 1. The van der Waals surface area contributed by atoms with E-state index in [1.54, 1.807) is 38.1 Å². The lowest BCUT2D eigenvalue weighted by atomic mass is 10.2. The minimum Gasteiger partial charge on any atom is -0.459 e. The van der Waals surface area contributed by atoms with Crippen LogP contribution in [0.2, 0.25) is 0 Å². The van der Waals surface area contributed by atoms with Gasteiger partial charge in [0.1, 0.15) is 0 Å². The number of rotatable bonds is 6. The average Bonchev–Trinajstić information content (AvgIpc) is 3.07. The van der Waals surface area contributed by atoms with E-state index >= 15 is 0 Å². The van der Waals surface area contributed by atoms with Crippen molar-refractivity contribution in [3.8, 4) is 0 Å². The highest BCUT2D eigenvalue weighted by Gasteiger charge is 2.25. The third-order valence-electron chi connectivity index (χ3n) is 3.29. The predicted molar refractivity (Wildman–Crippen MR) is 85.6 cm³/mol. The summed E-state index contributed by atoms with van der Waals surface area (Å²) in [5.41, 5.74) is 0.890. The summed E-state index contributed by atoms with van der Waals surface area (Å²) in [6.45, 7) is 3.70. The normalized spacial score (nSPS) is 16.7. The quantitative estimate of drug-likeness (QED) is 0.799. The van der Waals surface area contributed by atoms with Gasteiger partial charge in [0.2, 0.25) is 0 Å². The Morgan fingerprint density at radius 2 is 1.96 bits per heavy atom. The second-order valence-electron chi connectivity index (χ2n) is 5.69.